The van der Waals surface area contributed by atoms with E-state index >= 15 is 0 Å². The van der Waals surface area contributed by atoms with Gasteiger partial charge < -0.3 is 9.88 Å². The normalized spacial score (nSPS) is 18.3. The number of nitrogens with one attached hydrogen (secondary N) is 1. The van der Waals surface area contributed by atoms with Gasteiger partial charge in [0.1, 0.15) is 12.2 Å². The Hall–Kier alpha value is -0.940. The van der Waals surface area contributed by atoms with Crippen LogP contribution in [0.3, 0.4) is 0 Å². The Morgan fingerprint density at radius 3 is 2.95 bits per heavy atom. The average molecular weight is 265 g/mol. The molecule has 1 atom stereocenters. The van der Waals surface area contributed by atoms with E-state index in [1.54, 1.807) is 0 Å². The van der Waals surface area contributed by atoms with Crippen molar-refractivity contribution in [1.82, 2.24) is 25.0 Å². The van der Waals surface area contributed by atoms with Gasteiger partial charge in [0.15, 0.2) is 0 Å². The molecule has 2 heterocycles. The van der Waals surface area contributed by atoms with Gasteiger partial charge in [-0.2, -0.15) is 0 Å². The highest BCUT2D eigenvalue weighted by atomic mass is 15.3. The number of hydrogen-bond acceptors (Lipinski definition) is 4. The van der Waals surface area contributed by atoms with Gasteiger partial charge in [0.25, 0.3) is 0 Å². The van der Waals surface area contributed by atoms with Crippen LogP contribution in [0.25, 0.3) is 0 Å². The molecule has 0 fully saturated rings. The maximum atomic E-state index is 4.19. The van der Waals surface area contributed by atoms with E-state index in [4.69, 9.17) is 0 Å². The molecule has 1 aliphatic heterocycles. The zero-order chi connectivity index (χ0) is 13.9. The number of hydrogen-bond donors (Lipinski definition) is 1. The summed E-state index contributed by atoms with van der Waals surface area (Å²) < 4.78 is 2.16. The van der Waals surface area contributed by atoms with E-state index in [2.05, 4.69) is 52.7 Å². The van der Waals surface area contributed by atoms with Crippen LogP contribution >= 0.6 is 0 Å². The molecule has 1 aliphatic rings. The van der Waals surface area contributed by atoms with Gasteiger partial charge in [-0.3, -0.25) is 4.90 Å². The molecule has 1 N–H and O–H groups in total. The smallest absolute Gasteiger partial charge is 0.147 e. The Bertz CT molecular complexity index is 398. The highest BCUT2D eigenvalue weighted by Gasteiger charge is 2.29. The minimum absolute atomic E-state index is 0.261. The molecule has 0 aromatic carbocycles. The predicted molar refractivity (Wildman–Crippen MR) is 76.8 cm³/mol. The van der Waals surface area contributed by atoms with Gasteiger partial charge in [0, 0.05) is 25.7 Å². The fourth-order valence-corrected chi connectivity index (χ4v) is 2.60. The summed E-state index contributed by atoms with van der Waals surface area (Å²) in [5.41, 5.74) is 0.261. The summed E-state index contributed by atoms with van der Waals surface area (Å²) in [6.45, 7) is 14.4. The molecule has 0 radical (unpaired) electrons. The minimum Gasteiger partial charge on any atom is -0.315 e. The van der Waals surface area contributed by atoms with Gasteiger partial charge >= 0.3 is 0 Å². The largest absolute Gasteiger partial charge is 0.315 e. The number of fused-ring (bicyclic) bond motifs is 1. The fraction of sp³-hybridized carbons (Fsp3) is 0.857. The standard InChI is InChI=1S/C14H27N5/c1-5-6-15-12(2)14(3,4)10-18-7-8-19-11-16-17-13(19)9-18/h11-12,15H,5-10H2,1-4H3. The van der Waals surface area contributed by atoms with Crippen molar-refractivity contribution in [2.75, 3.05) is 19.6 Å². The first-order chi connectivity index (χ1) is 9.03. The molecule has 108 valence electrons. The Morgan fingerprint density at radius 2 is 2.21 bits per heavy atom. The van der Waals surface area contributed by atoms with Gasteiger partial charge in [0.05, 0.1) is 6.54 Å². The Balaban J connectivity index is 1.90. The van der Waals surface area contributed by atoms with Gasteiger partial charge in [-0.15, -0.1) is 10.2 Å². The Labute approximate surface area is 116 Å². The SMILES string of the molecule is CCCNC(C)C(C)(C)CN1CCn2cnnc2C1. The summed E-state index contributed by atoms with van der Waals surface area (Å²) in [6.07, 6.45) is 3.02. The first-order valence-corrected chi connectivity index (χ1v) is 7.35. The molecular formula is C14H27N5. The maximum Gasteiger partial charge on any atom is 0.147 e. The van der Waals surface area contributed by atoms with Crippen molar-refractivity contribution in [3.05, 3.63) is 12.2 Å². The van der Waals surface area contributed by atoms with Crippen LogP contribution in [0.5, 0.6) is 0 Å². The molecule has 1 aromatic rings. The lowest BCUT2D eigenvalue weighted by Gasteiger charge is -2.38. The van der Waals surface area contributed by atoms with E-state index in [0.717, 1.165) is 38.5 Å². The van der Waals surface area contributed by atoms with Crippen molar-refractivity contribution in [3.63, 3.8) is 0 Å². The monoisotopic (exact) mass is 265 g/mol. The fourth-order valence-electron chi connectivity index (χ4n) is 2.60. The second-order valence-corrected chi connectivity index (χ2v) is 6.32. The number of rotatable bonds is 6. The zero-order valence-corrected chi connectivity index (χ0v) is 12.7. The van der Waals surface area contributed by atoms with Crippen molar-refractivity contribution < 1.29 is 0 Å². The maximum absolute atomic E-state index is 4.19. The molecule has 0 saturated carbocycles. The lowest BCUT2D eigenvalue weighted by atomic mass is 9.84. The van der Waals surface area contributed by atoms with E-state index in [0.29, 0.717) is 6.04 Å². The Morgan fingerprint density at radius 1 is 1.42 bits per heavy atom. The van der Waals surface area contributed by atoms with Gasteiger partial charge in [-0.05, 0) is 25.3 Å². The van der Waals surface area contributed by atoms with Crippen LogP contribution in [0.2, 0.25) is 0 Å². The van der Waals surface area contributed by atoms with Crippen LogP contribution in [0, 0.1) is 5.41 Å². The molecule has 0 bridgehead atoms. The molecule has 5 heteroatoms. The van der Waals surface area contributed by atoms with Crippen LogP contribution < -0.4 is 5.32 Å². The van der Waals surface area contributed by atoms with E-state index in [-0.39, 0.29) is 5.41 Å². The van der Waals surface area contributed by atoms with Gasteiger partial charge in [-0.25, -0.2) is 0 Å². The van der Waals surface area contributed by atoms with Crippen molar-refractivity contribution in [2.24, 2.45) is 5.41 Å². The summed E-state index contributed by atoms with van der Waals surface area (Å²) in [7, 11) is 0. The predicted octanol–water partition coefficient (Wildman–Crippen LogP) is 1.51. The average Bonchev–Trinajstić information content (AvgIpc) is 2.82. The summed E-state index contributed by atoms with van der Waals surface area (Å²) in [6, 6.07) is 0.521. The highest BCUT2D eigenvalue weighted by Crippen LogP contribution is 2.24. The van der Waals surface area contributed by atoms with E-state index in [1.165, 1.54) is 6.42 Å². The van der Waals surface area contributed by atoms with Gasteiger partial charge in [-0.1, -0.05) is 20.8 Å². The molecule has 0 saturated heterocycles. The van der Waals surface area contributed by atoms with Gasteiger partial charge in [0.2, 0.25) is 0 Å². The third-order valence-electron chi connectivity index (χ3n) is 4.22. The van der Waals surface area contributed by atoms with Crippen LogP contribution in [0.15, 0.2) is 6.33 Å². The van der Waals surface area contributed by atoms with Crippen molar-refractivity contribution in [3.8, 4) is 0 Å². The second kappa shape index (κ2) is 6.01. The summed E-state index contributed by atoms with van der Waals surface area (Å²) in [4.78, 5) is 2.49. The first kappa shape index (κ1) is 14.5. The topological polar surface area (TPSA) is 46.0 Å². The molecule has 2 rings (SSSR count). The number of nitrogens with zero attached hydrogens (tertiary/aromatic N) is 4. The van der Waals surface area contributed by atoms with Crippen LogP contribution in [-0.2, 0) is 13.1 Å². The second-order valence-electron chi connectivity index (χ2n) is 6.32. The molecule has 5 nitrogen and oxygen atoms in total. The highest BCUT2D eigenvalue weighted by molar-refractivity contribution is 4.92. The summed E-state index contributed by atoms with van der Waals surface area (Å²) in [5.74, 6) is 1.09. The molecule has 1 aromatic heterocycles. The van der Waals surface area contributed by atoms with Crippen LogP contribution in [0.1, 0.15) is 39.9 Å². The molecule has 1 unspecified atom stereocenters. The minimum atomic E-state index is 0.261. The van der Waals surface area contributed by atoms with Crippen molar-refractivity contribution in [2.45, 2.75) is 53.2 Å². The summed E-state index contributed by atoms with van der Waals surface area (Å²) >= 11 is 0. The third-order valence-corrected chi connectivity index (χ3v) is 4.22. The molecular weight excluding hydrogens is 238 g/mol. The number of aromatic nitrogens is 3. The van der Waals surface area contributed by atoms with Crippen LogP contribution in [-0.4, -0.2) is 45.3 Å². The van der Waals surface area contributed by atoms with E-state index in [1.807, 2.05) is 6.33 Å². The van der Waals surface area contributed by atoms with Crippen molar-refractivity contribution >= 4 is 0 Å². The van der Waals surface area contributed by atoms with E-state index < -0.39 is 0 Å². The Kier molecular flexibility index (Phi) is 4.58. The molecule has 0 aliphatic carbocycles. The molecule has 19 heavy (non-hydrogen) atoms. The lowest BCUT2D eigenvalue weighted by Crippen LogP contribution is -2.48. The van der Waals surface area contributed by atoms with Crippen molar-refractivity contribution in [1.29, 1.82) is 0 Å². The quantitative estimate of drug-likeness (QED) is 0.847. The zero-order valence-electron chi connectivity index (χ0n) is 12.7. The lowest BCUT2D eigenvalue weighted by molar-refractivity contribution is 0.118. The molecule has 0 spiro atoms. The first-order valence-electron chi connectivity index (χ1n) is 7.35. The third kappa shape index (κ3) is 3.54. The summed E-state index contributed by atoms with van der Waals surface area (Å²) in [5, 5.41) is 11.8. The van der Waals surface area contributed by atoms with E-state index in [9.17, 15) is 0 Å². The molecule has 0 amide bonds. The van der Waals surface area contributed by atoms with Crippen LogP contribution in [0.4, 0.5) is 0 Å².